The summed E-state index contributed by atoms with van der Waals surface area (Å²) in [6.45, 7) is 2.07. The third-order valence-corrected chi connectivity index (χ3v) is 4.01. The number of aromatic nitrogens is 4. The second-order valence-electron chi connectivity index (χ2n) is 5.43. The van der Waals surface area contributed by atoms with Crippen LogP contribution < -0.4 is 5.32 Å². The number of carbonyl (C=O) groups excluding carboxylic acids is 1. The Labute approximate surface area is 143 Å². The molecule has 2 heterocycles. The van der Waals surface area contributed by atoms with Crippen molar-refractivity contribution in [2.75, 3.05) is 5.32 Å². The van der Waals surface area contributed by atoms with Crippen LogP contribution in [0.15, 0.2) is 24.5 Å². The minimum absolute atomic E-state index is 0.141. The molecule has 24 heavy (non-hydrogen) atoms. The van der Waals surface area contributed by atoms with Gasteiger partial charge in [0.1, 0.15) is 17.8 Å². The number of hydrogen-bond donors (Lipinski definition) is 2. The number of unbranched alkanes of at least 4 members (excludes halogenated alkanes) is 2. The lowest BCUT2D eigenvalue weighted by atomic mass is 10.1. The zero-order chi connectivity index (χ0) is 17.1. The van der Waals surface area contributed by atoms with Crippen LogP contribution in [0.4, 0.5) is 10.2 Å². The van der Waals surface area contributed by atoms with Crippen LogP contribution in [0.3, 0.4) is 0 Å². The zero-order valence-corrected chi connectivity index (χ0v) is 13.9. The second kappa shape index (κ2) is 7.00. The second-order valence-corrected chi connectivity index (χ2v) is 5.84. The third-order valence-electron chi connectivity index (χ3n) is 3.69. The molecule has 0 bridgehead atoms. The van der Waals surface area contributed by atoms with Crippen molar-refractivity contribution in [1.29, 1.82) is 0 Å². The summed E-state index contributed by atoms with van der Waals surface area (Å²) in [7, 11) is 0. The third kappa shape index (κ3) is 3.12. The SMILES string of the molecule is CCCCCC(=O)Nc1c(-c2c(F)cccc2Cl)nc2nc[nH]n12. The molecule has 126 valence electrons. The molecule has 1 amide bonds. The molecule has 0 saturated heterocycles. The predicted molar refractivity (Wildman–Crippen MR) is 90.5 cm³/mol. The quantitative estimate of drug-likeness (QED) is 0.659. The van der Waals surface area contributed by atoms with E-state index in [0.717, 1.165) is 19.3 Å². The molecule has 8 heteroatoms. The molecule has 0 unspecified atom stereocenters. The van der Waals surface area contributed by atoms with E-state index in [0.29, 0.717) is 18.0 Å². The fraction of sp³-hybridized carbons (Fsp3) is 0.312. The van der Waals surface area contributed by atoms with E-state index >= 15 is 0 Å². The van der Waals surface area contributed by atoms with Gasteiger partial charge < -0.3 is 5.32 Å². The summed E-state index contributed by atoms with van der Waals surface area (Å²) in [5.74, 6) is -0.0116. The van der Waals surface area contributed by atoms with Crippen LogP contribution in [0.2, 0.25) is 5.02 Å². The van der Waals surface area contributed by atoms with Crippen LogP contribution in [-0.2, 0) is 4.79 Å². The molecule has 1 aromatic carbocycles. The smallest absolute Gasteiger partial charge is 0.252 e. The number of nitrogens with one attached hydrogen (secondary N) is 2. The van der Waals surface area contributed by atoms with Gasteiger partial charge in [-0.2, -0.15) is 0 Å². The Morgan fingerprint density at radius 1 is 1.42 bits per heavy atom. The first-order valence-corrected chi connectivity index (χ1v) is 8.15. The number of carbonyl (C=O) groups is 1. The number of anilines is 1. The van der Waals surface area contributed by atoms with Gasteiger partial charge in [-0.05, 0) is 18.6 Å². The number of rotatable bonds is 6. The maximum absolute atomic E-state index is 14.3. The van der Waals surface area contributed by atoms with Gasteiger partial charge in [0.2, 0.25) is 5.91 Å². The summed E-state index contributed by atoms with van der Waals surface area (Å²) in [5, 5.41) is 5.87. The Hall–Kier alpha value is -2.41. The lowest BCUT2D eigenvalue weighted by Crippen LogP contribution is -2.14. The van der Waals surface area contributed by atoms with Crippen molar-refractivity contribution in [3.05, 3.63) is 35.4 Å². The van der Waals surface area contributed by atoms with Gasteiger partial charge in [0, 0.05) is 6.42 Å². The Bertz CT molecular complexity index is 852. The highest BCUT2D eigenvalue weighted by Crippen LogP contribution is 2.35. The van der Waals surface area contributed by atoms with Crippen LogP contribution in [0.5, 0.6) is 0 Å². The van der Waals surface area contributed by atoms with E-state index in [1.165, 1.54) is 23.0 Å². The first kappa shape index (κ1) is 16.4. The molecule has 0 fully saturated rings. The zero-order valence-electron chi connectivity index (χ0n) is 13.1. The normalized spacial score (nSPS) is 11.1. The largest absolute Gasteiger partial charge is 0.309 e. The molecule has 6 nitrogen and oxygen atoms in total. The molecule has 0 saturated carbocycles. The molecule has 0 spiro atoms. The Kier molecular flexibility index (Phi) is 4.80. The number of aromatic amines is 1. The van der Waals surface area contributed by atoms with Crippen molar-refractivity contribution in [2.24, 2.45) is 0 Å². The molecule has 2 aromatic heterocycles. The minimum Gasteiger partial charge on any atom is -0.309 e. The Morgan fingerprint density at radius 2 is 2.25 bits per heavy atom. The van der Waals surface area contributed by atoms with Gasteiger partial charge in [0.25, 0.3) is 5.78 Å². The van der Waals surface area contributed by atoms with E-state index in [9.17, 15) is 9.18 Å². The highest BCUT2D eigenvalue weighted by molar-refractivity contribution is 6.33. The summed E-state index contributed by atoms with van der Waals surface area (Å²) in [5.41, 5.74) is 0.392. The van der Waals surface area contributed by atoms with E-state index in [4.69, 9.17) is 11.6 Å². The highest BCUT2D eigenvalue weighted by Gasteiger charge is 2.22. The van der Waals surface area contributed by atoms with E-state index in [-0.39, 0.29) is 22.2 Å². The van der Waals surface area contributed by atoms with E-state index in [1.807, 2.05) is 0 Å². The van der Waals surface area contributed by atoms with Gasteiger partial charge in [-0.3, -0.25) is 9.89 Å². The van der Waals surface area contributed by atoms with Crippen LogP contribution >= 0.6 is 11.6 Å². The number of amides is 1. The van der Waals surface area contributed by atoms with Crippen LogP contribution in [-0.4, -0.2) is 25.5 Å². The van der Waals surface area contributed by atoms with Crippen molar-refractivity contribution in [2.45, 2.75) is 32.6 Å². The number of benzene rings is 1. The lowest BCUT2D eigenvalue weighted by molar-refractivity contribution is -0.116. The number of fused-ring (bicyclic) bond motifs is 1. The molecular formula is C16H17ClFN5O. The summed E-state index contributed by atoms with van der Waals surface area (Å²) >= 11 is 6.14. The van der Waals surface area contributed by atoms with Crippen LogP contribution in [0, 0.1) is 5.82 Å². The van der Waals surface area contributed by atoms with Crippen molar-refractivity contribution in [3.63, 3.8) is 0 Å². The summed E-state index contributed by atoms with van der Waals surface area (Å²) in [6, 6.07) is 4.40. The van der Waals surface area contributed by atoms with Crippen molar-refractivity contribution >= 4 is 29.1 Å². The predicted octanol–water partition coefficient (Wildman–Crippen LogP) is 4.04. The number of nitrogens with zero attached hydrogens (tertiary/aromatic N) is 3. The van der Waals surface area contributed by atoms with Crippen LogP contribution in [0.25, 0.3) is 17.0 Å². The van der Waals surface area contributed by atoms with E-state index in [1.54, 1.807) is 6.07 Å². The van der Waals surface area contributed by atoms with Gasteiger partial charge in [0.05, 0.1) is 10.6 Å². The molecule has 0 radical (unpaired) electrons. The van der Waals surface area contributed by atoms with Crippen molar-refractivity contribution in [3.8, 4) is 11.3 Å². The fourth-order valence-corrected chi connectivity index (χ4v) is 2.76. The maximum atomic E-state index is 14.3. The Morgan fingerprint density at radius 3 is 3.00 bits per heavy atom. The van der Waals surface area contributed by atoms with Crippen molar-refractivity contribution in [1.82, 2.24) is 19.6 Å². The molecule has 0 aliphatic rings. The van der Waals surface area contributed by atoms with Gasteiger partial charge in [0.15, 0.2) is 5.82 Å². The molecule has 3 aromatic rings. The van der Waals surface area contributed by atoms with Gasteiger partial charge >= 0.3 is 0 Å². The maximum Gasteiger partial charge on any atom is 0.252 e. The summed E-state index contributed by atoms with van der Waals surface area (Å²) < 4.78 is 15.8. The average Bonchev–Trinajstić information content (AvgIpc) is 3.11. The number of hydrogen-bond acceptors (Lipinski definition) is 3. The molecule has 0 atom stereocenters. The van der Waals surface area contributed by atoms with E-state index < -0.39 is 5.82 Å². The van der Waals surface area contributed by atoms with Crippen molar-refractivity contribution < 1.29 is 9.18 Å². The highest BCUT2D eigenvalue weighted by atomic mass is 35.5. The van der Waals surface area contributed by atoms with Gasteiger partial charge in [-0.15, -0.1) is 0 Å². The monoisotopic (exact) mass is 349 g/mol. The summed E-state index contributed by atoms with van der Waals surface area (Å²) in [4.78, 5) is 20.5. The molecular weight excluding hydrogens is 333 g/mol. The Balaban J connectivity index is 2.00. The molecule has 0 aliphatic heterocycles. The average molecular weight is 350 g/mol. The molecule has 3 rings (SSSR count). The van der Waals surface area contributed by atoms with E-state index in [2.05, 4.69) is 27.3 Å². The molecule has 2 N–H and O–H groups in total. The lowest BCUT2D eigenvalue weighted by Gasteiger charge is -2.08. The number of imidazole rings is 1. The fourth-order valence-electron chi connectivity index (χ4n) is 2.51. The number of halogens is 2. The van der Waals surface area contributed by atoms with Crippen LogP contribution in [0.1, 0.15) is 32.6 Å². The van der Waals surface area contributed by atoms with Gasteiger partial charge in [-0.1, -0.05) is 37.4 Å². The first-order chi connectivity index (χ1) is 11.6. The molecule has 0 aliphatic carbocycles. The first-order valence-electron chi connectivity index (χ1n) is 7.78. The standard InChI is InChI=1S/C16H17ClFN5O/c1-2-3-4-8-12(24)21-15-14(22-16-19-9-20-23(15)16)13-10(17)6-5-7-11(13)18/h5-7,9H,2-4,8H2,1H3,(H,21,24)(H,19,20,22). The topological polar surface area (TPSA) is 75.1 Å². The minimum atomic E-state index is -0.510. The number of H-pyrrole nitrogens is 1. The van der Waals surface area contributed by atoms with Gasteiger partial charge in [-0.25, -0.2) is 18.9 Å². The summed E-state index contributed by atoms with van der Waals surface area (Å²) in [6.07, 6.45) is 4.64.